The van der Waals surface area contributed by atoms with Gasteiger partial charge in [0.05, 0.1) is 17.5 Å². The Labute approximate surface area is 120 Å². The van der Waals surface area contributed by atoms with Crippen molar-refractivity contribution in [2.75, 3.05) is 17.6 Å². The average Bonchev–Trinajstić information content (AvgIpc) is 2.84. The van der Waals surface area contributed by atoms with Crippen LogP contribution in [0.5, 0.6) is 0 Å². The Kier molecular flexibility index (Phi) is 4.44. The van der Waals surface area contributed by atoms with Crippen LogP contribution in [0.1, 0.15) is 18.4 Å². The number of carbonyl (C=O) groups excluding carboxylic acids is 1. The highest BCUT2D eigenvalue weighted by molar-refractivity contribution is 9.10. The largest absolute Gasteiger partial charge is 0.397 e. The summed E-state index contributed by atoms with van der Waals surface area (Å²) in [6, 6.07) is 3.69. The monoisotopic (exact) mass is 327 g/mol. The molecule has 5 N–H and O–H groups in total. The Morgan fingerprint density at radius 2 is 2.26 bits per heavy atom. The van der Waals surface area contributed by atoms with Crippen molar-refractivity contribution >= 4 is 33.2 Å². The van der Waals surface area contributed by atoms with Gasteiger partial charge in [0.1, 0.15) is 6.10 Å². The third-order valence-electron chi connectivity index (χ3n) is 3.27. The maximum atomic E-state index is 12.1. The molecule has 6 heteroatoms. The van der Waals surface area contributed by atoms with E-state index in [0.29, 0.717) is 24.3 Å². The predicted octanol–water partition coefficient (Wildman–Crippen LogP) is 1.78. The molecule has 0 radical (unpaired) electrons. The number of aryl methyl sites for hydroxylation is 1. The third-order valence-corrected chi connectivity index (χ3v) is 3.73. The van der Waals surface area contributed by atoms with E-state index in [1.807, 2.05) is 13.0 Å². The van der Waals surface area contributed by atoms with Gasteiger partial charge in [-0.25, -0.2) is 0 Å². The lowest BCUT2D eigenvalue weighted by molar-refractivity contribution is -0.126. The maximum absolute atomic E-state index is 12.1. The second-order valence-corrected chi connectivity index (χ2v) is 5.65. The van der Waals surface area contributed by atoms with Crippen LogP contribution in [-0.4, -0.2) is 24.7 Å². The van der Waals surface area contributed by atoms with Crippen LogP contribution in [0.15, 0.2) is 16.6 Å². The Morgan fingerprint density at radius 1 is 1.53 bits per heavy atom. The molecule has 1 fully saturated rings. The average molecular weight is 328 g/mol. The molecule has 1 amide bonds. The van der Waals surface area contributed by atoms with E-state index in [2.05, 4.69) is 21.2 Å². The van der Waals surface area contributed by atoms with Crippen molar-refractivity contribution in [3.8, 4) is 0 Å². The summed E-state index contributed by atoms with van der Waals surface area (Å²) in [4.78, 5) is 12.1. The molecule has 0 aliphatic carbocycles. The smallest absolute Gasteiger partial charge is 0.253 e. The van der Waals surface area contributed by atoms with Crippen molar-refractivity contribution < 1.29 is 9.53 Å². The molecule has 2 atom stereocenters. The number of anilines is 2. The van der Waals surface area contributed by atoms with Crippen LogP contribution in [0, 0.1) is 6.92 Å². The summed E-state index contributed by atoms with van der Waals surface area (Å²) < 4.78 is 6.43. The van der Waals surface area contributed by atoms with E-state index in [0.717, 1.165) is 16.5 Å². The molecular weight excluding hydrogens is 310 g/mol. The van der Waals surface area contributed by atoms with Crippen LogP contribution in [0.4, 0.5) is 11.4 Å². The van der Waals surface area contributed by atoms with Crippen molar-refractivity contribution in [2.45, 2.75) is 32.0 Å². The van der Waals surface area contributed by atoms with Crippen molar-refractivity contribution in [3.05, 3.63) is 22.2 Å². The highest BCUT2D eigenvalue weighted by atomic mass is 79.9. The molecule has 0 unspecified atom stereocenters. The molecule has 1 aliphatic heterocycles. The molecule has 0 aromatic heterocycles. The first-order valence-electron chi connectivity index (χ1n) is 6.23. The molecule has 1 aliphatic rings. The lowest BCUT2D eigenvalue weighted by atomic mass is 10.1. The lowest BCUT2D eigenvalue weighted by Crippen LogP contribution is -2.30. The summed E-state index contributed by atoms with van der Waals surface area (Å²) in [6.45, 7) is 2.34. The van der Waals surface area contributed by atoms with Crippen molar-refractivity contribution in [2.24, 2.45) is 5.73 Å². The van der Waals surface area contributed by atoms with Crippen LogP contribution in [-0.2, 0) is 9.53 Å². The minimum Gasteiger partial charge on any atom is -0.397 e. The van der Waals surface area contributed by atoms with Crippen LogP contribution >= 0.6 is 15.9 Å². The molecule has 1 heterocycles. The fourth-order valence-corrected chi connectivity index (χ4v) is 2.72. The molecule has 2 rings (SSSR count). The second-order valence-electron chi connectivity index (χ2n) is 4.73. The summed E-state index contributed by atoms with van der Waals surface area (Å²) in [7, 11) is 0. The number of nitrogen functional groups attached to an aromatic ring is 1. The van der Waals surface area contributed by atoms with Gasteiger partial charge in [0, 0.05) is 11.0 Å². The molecule has 1 saturated heterocycles. The minimum absolute atomic E-state index is 0.0163. The zero-order chi connectivity index (χ0) is 14.0. The van der Waals surface area contributed by atoms with E-state index < -0.39 is 6.10 Å². The van der Waals surface area contributed by atoms with Crippen molar-refractivity contribution in [1.82, 2.24) is 0 Å². The number of nitrogens with two attached hydrogens (primary N) is 2. The topological polar surface area (TPSA) is 90.4 Å². The molecule has 104 valence electrons. The maximum Gasteiger partial charge on any atom is 0.253 e. The molecule has 0 bridgehead atoms. The van der Waals surface area contributed by atoms with E-state index in [1.54, 1.807) is 6.07 Å². The fourth-order valence-electron chi connectivity index (χ4n) is 2.14. The number of amides is 1. The van der Waals surface area contributed by atoms with E-state index in [-0.39, 0.29) is 12.0 Å². The Morgan fingerprint density at radius 3 is 2.89 bits per heavy atom. The van der Waals surface area contributed by atoms with Crippen molar-refractivity contribution in [3.63, 3.8) is 0 Å². The minimum atomic E-state index is -0.438. The quantitative estimate of drug-likeness (QED) is 0.738. The van der Waals surface area contributed by atoms with Crippen LogP contribution in [0.2, 0.25) is 0 Å². The summed E-state index contributed by atoms with van der Waals surface area (Å²) in [6.07, 6.45) is 1.06. The Bertz CT molecular complexity index is 493. The van der Waals surface area contributed by atoms with E-state index in [4.69, 9.17) is 16.2 Å². The number of carbonyl (C=O) groups is 1. The zero-order valence-electron chi connectivity index (χ0n) is 10.8. The fraction of sp³-hybridized carbons (Fsp3) is 0.462. The summed E-state index contributed by atoms with van der Waals surface area (Å²) in [5, 5.41) is 2.82. The first-order chi connectivity index (χ1) is 9.01. The number of benzene rings is 1. The van der Waals surface area contributed by atoms with Gasteiger partial charge in [0.25, 0.3) is 5.91 Å². The van der Waals surface area contributed by atoms with Crippen molar-refractivity contribution in [1.29, 1.82) is 0 Å². The van der Waals surface area contributed by atoms with E-state index in [1.165, 1.54) is 0 Å². The van der Waals surface area contributed by atoms with Crippen LogP contribution in [0.3, 0.4) is 0 Å². The normalized spacial score (nSPS) is 22.5. The predicted molar refractivity (Wildman–Crippen MR) is 78.9 cm³/mol. The molecule has 1 aromatic rings. The van der Waals surface area contributed by atoms with Gasteiger partial charge < -0.3 is 21.5 Å². The highest BCUT2D eigenvalue weighted by Crippen LogP contribution is 2.28. The molecule has 19 heavy (non-hydrogen) atoms. The van der Waals surface area contributed by atoms with Gasteiger partial charge in [-0.15, -0.1) is 0 Å². The van der Waals surface area contributed by atoms with Gasteiger partial charge >= 0.3 is 0 Å². The van der Waals surface area contributed by atoms with E-state index in [9.17, 15) is 4.79 Å². The van der Waals surface area contributed by atoms with Gasteiger partial charge in [-0.3, -0.25) is 4.79 Å². The number of halogens is 1. The van der Waals surface area contributed by atoms with Gasteiger partial charge in [0.15, 0.2) is 0 Å². The third kappa shape index (κ3) is 3.26. The first kappa shape index (κ1) is 14.3. The summed E-state index contributed by atoms with van der Waals surface area (Å²) in [5.41, 5.74) is 13.6. The number of nitrogens with one attached hydrogen (secondary N) is 1. The molecule has 1 aromatic carbocycles. The number of hydrogen-bond acceptors (Lipinski definition) is 4. The Hall–Kier alpha value is -1.11. The molecular formula is C13H18BrN3O2. The van der Waals surface area contributed by atoms with Gasteiger partial charge in [-0.1, -0.05) is 15.9 Å². The Balaban J connectivity index is 2.07. The van der Waals surface area contributed by atoms with E-state index >= 15 is 0 Å². The molecule has 0 saturated carbocycles. The van der Waals surface area contributed by atoms with Crippen LogP contribution < -0.4 is 16.8 Å². The molecule has 5 nitrogen and oxygen atoms in total. The zero-order valence-corrected chi connectivity index (χ0v) is 12.4. The van der Waals surface area contributed by atoms with Gasteiger partial charge in [-0.05, 0) is 37.5 Å². The first-order valence-corrected chi connectivity index (χ1v) is 7.02. The van der Waals surface area contributed by atoms with Crippen LogP contribution in [0.25, 0.3) is 0 Å². The number of ether oxygens (including phenoxy) is 1. The number of hydrogen-bond donors (Lipinski definition) is 3. The van der Waals surface area contributed by atoms with Gasteiger partial charge in [0.2, 0.25) is 0 Å². The summed E-state index contributed by atoms with van der Waals surface area (Å²) in [5.74, 6) is -0.167. The SMILES string of the molecule is Cc1cc(Br)cc(NC(=O)[C@@H]2CC[C@H](CN)O2)c1N. The summed E-state index contributed by atoms with van der Waals surface area (Å²) >= 11 is 3.39. The second kappa shape index (κ2) is 5.90. The highest BCUT2D eigenvalue weighted by Gasteiger charge is 2.30. The standard InChI is InChI=1S/C13H18BrN3O2/c1-7-4-8(14)5-10(12(7)16)17-13(18)11-3-2-9(6-15)19-11/h4-5,9,11H,2-3,6,15-16H2,1H3,(H,17,18)/t9-,11+/m1/s1. The van der Waals surface area contributed by atoms with Gasteiger partial charge in [-0.2, -0.15) is 0 Å². The number of rotatable bonds is 3. The molecule has 0 spiro atoms. The lowest BCUT2D eigenvalue weighted by Gasteiger charge is -2.15.